The summed E-state index contributed by atoms with van der Waals surface area (Å²) in [6, 6.07) is 0. The van der Waals surface area contributed by atoms with Gasteiger partial charge < -0.3 is 15.4 Å². The fraction of sp³-hybridized carbons (Fsp3) is 0.714. The molecule has 0 radical (unpaired) electrons. The van der Waals surface area contributed by atoms with Crippen molar-refractivity contribution in [2.75, 3.05) is 19.7 Å². The molecule has 0 atom stereocenters. The van der Waals surface area contributed by atoms with Crippen molar-refractivity contribution in [2.45, 2.75) is 38.5 Å². The van der Waals surface area contributed by atoms with Gasteiger partial charge >= 0.3 is 0 Å². The van der Waals surface area contributed by atoms with E-state index in [0.717, 1.165) is 37.9 Å². The molecule has 0 amide bonds. The van der Waals surface area contributed by atoms with Gasteiger partial charge in [0.15, 0.2) is 0 Å². The molecule has 1 heterocycles. The van der Waals surface area contributed by atoms with Crippen molar-refractivity contribution in [3.05, 3.63) is 24.2 Å². The van der Waals surface area contributed by atoms with Crippen LogP contribution in [-0.2, 0) is 4.74 Å². The Morgan fingerprint density at radius 1 is 1.41 bits per heavy atom. The third-order valence-electron chi connectivity index (χ3n) is 4.04. The third-order valence-corrected chi connectivity index (χ3v) is 4.04. The Labute approximate surface area is 104 Å². The molecule has 0 bridgehead atoms. The number of rotatable bonds is 5. The molecule has 0 aromatic rings. The predicted molar refractivity (Wildman–Crippen MR) is 70.1 cm³/mol. The summed E-state index contributed by atoms with van der Waals surface area (Å²) in [5, 5.41) is 0. The van der Waals surface area contributed by atoms with Gasteiger partial charge in [0.1, 0.15) is 0 Å². The fourth-order valence-corrected chi connectivity index (χ4v) is 2.61. The van der Waals surface area contributed by atoms with Gasteiger partial charge in [-0.25, -0.2) is 0 Å². The number of piperidine rings is 1. The van der Waals surface area contributed by atoms with Gasteiger partial charge in [-0.2, -0.15) is 0 Å². The minimum atomic E-state index is 0.797. The molecule has 0 unspecified atom stereocenters. The summed E-state index contributed by atoms with van der Waals surface area (Å²) in [7, 11) is 0. The van der Waals surface area contributed by atoms with Gasteiger partial charge in [-0.1, -0.05) is 6.58 Å². The van der Waals surface area contributed by atoms with Crippen molar-refractivity contribution in [1.82, 2.24) is 4.90 Å². The summed E-state index contributed by atoms with van der Waals surface area (Å²) < 4.78 is 5.19. The standard InChI is InChI=1S/C14H24N2O/c1-2-17-11-8-12-6-9-16(10-7-12)14(15)13-4-3-5-13/h2,12H,1,3-11,15H2. The molecule has 1 saturated carbocycles. The van der Waals surface area contributed by atoms with Crippen LogP contribution in [0.5, 0.6) is 0 Å². The van der Waals surface area contributed by atoms with E-state index in [2.05, 4.69) is 11.5 Å². The minimum absolute atomic E-state index is 0.797. The van der Waals surface area contributed by atoms with Crippen molar-refractivity contribution in [3.63, 3.8) is 0 Å². The molecular formula is C14H24N2O. The normalized spacial score (nSPS) is 20.9. The lowest BCUT2D eigenvalue weighted by Gasteiger charge is -2.36. The van der Waals surface area contributed by atoms with Crippen molar-refractivity contribution < 1.29 is 4.74 Å². The van der Waals surface area contributed by atoms with Crippen LogP contribution in [0.2, 0.25) is 0 Å². The summed E-state index contributed by atoms with van der Waals surface area (Å²) in [4.78, 5) is 2.37. The first-order valence-electron chi connectivity index (χ1n) is 6.76. The van der Waals surface area contributed by atoms with Crippen LogP contribution in [0, 0.1) is 5.92 Å². The lowest BCUT2D eigenvalue weighted by Crippen LogP contribution is -2.37. The van der Waals surface area contributed by atoms with Gasteiger partial charge in [0.05, 0.1) is 18.7 Å². The zero-order chi connectivity index (χ0) is 12.1. The molecule has 1 saturated heterocycles. The van der Waals surface area contributed by atoms with Crippen LogP contribution in [0.4, 0.5) is 0 Å². The Morgan fingerprint density at radius 3 is 2.65 bits per heavy atom. The molecule has 0 spiro atoms. The quantitative estimate of drug-likeness (QED) is 0.589. The molecule has 2 aliphatic rings. The fourth-order valence-electron chi connectivity index (χ4n) is 2.61. The molecule has 2 N–H and O–H groups in total. The van der Waals surface area contributed by atoms with Gasteiger partial charge in [-0.05, 0) is 50.0 Å². The van der Waals surface area contributed by atoms with Crippen molar-refractivity contribution in [1.29, 1.82) is 0 Å². The number of nitrogens with zero attached hydrogens (tertiary/aromatic N) is 1. The maximum Gasteiger partial charge on any atom is 0.0978 e. The first-order chi connectivity index (χ1) is 8.31. The van der Waals surface area contributed by atoms with E-state index in [-0.39, 0.29) is 0 Å². The topological polar surface area (TPSA) is 38.5 Å². The Balaban J connectivity index is 1.72. The van der Waals surface area contributed by atoms with Crippen LogP contribution >= 0.6 is 0 Å². The summed E-state index contributed by atoms with van der Waals surface area (Å²) in [5.74, 6) is 1.88. The van der Waals surface area contributed by atoms with E-state index in [1.165, 1.54) is 43.9 Å². The van der Waals surface area contributed by atoms with Gasteiger partial charge in [0.2, 0.25) is 0 Å². The molecule has 96 valence electrons. The minimum Gasteiger partial charge on any atom is -0.502 e. The van der Waals surface area contributed by atoms with E-state index >= 15 is 0 Å². The van der Waals surface area contributed by atoms with Crippen molar-refractivity contribution in [2.24, 2.45) is 11.7 Å². The smallest absolute Gasteiger partial charge is 0.0978 e. The molecule has 2 fully saturated rings. The van der Waals surface area contributed by atoms with Crippen LogP contribution < -0.4 is 5.73 Å². The predicted octanol–water partition coefficient (Wildman–Crippen LogP) is 2.60. The maximum absolute atomic E-state index is 6.19. The lowest BCUT2D eigenvalue weighted by atomic mass is 9.90. The van der Waals surface area contributed by atoms with Crippen molar-refractivity contribution in [3.8, 4) is 0 Å². The van der Waals surface area contributed by atoms with E-state index in [0.29, 0.717) is 0 Å². The second-order valence-electron chi connectivity index (χ2n) is 5.10. The summed E-state index contributed by atoms with van der Waals surface area (Å²) in [6.07, 6.45) is 8.94. The molecule has 0 aromatic heterocycles. The number of ether oxygens (including phenoxy) is 1. The summed E-state index contributed by atoms with van der Waals surface area (Å²) in [5.41, 5.74) is 7.67. The SMILES string of the molecule is C=COCCC1CCN(C(N)=C2CCC2)CC1. The zero-order valence-electron chi connectivity index (χ0n) is 10.7. The lowest BCUT2D eigenvalue weighted by molar-refractivity contribution is 0.170. The van der Waals surface area contributed by atoms with E-state index < -0.39 is 0 Å². The number of hydrogen-bond acceptors (Lipinski definition) is 3. The highest BCUT2D eigenvalue weighted by Gasteiger charge is 2.22. The van der Waals surface area contributed by atoms with E-state index in [1.807, 2.05) is 0 Å². The number of nitrogens with two attached hydrogens (primary N) is 1. The van der Waals surface area contributed by atoms with E-state index in [4.69, 9.17) is 10.5 Å². The Kier molecular flexibility index (Phi) is 4.35. The van der Waals surface area contributed by atoms with Crippen LogP contribution in [0.3, 0.4) is 0 Å². The second kappa shape index (κ2) is 5.99. The molecule has 2 rings (SSSR count). The number of likely N-dealkylation sites (tertiary alicyclic amines) is 1. The van der Waals surface area contributed by atoms with Crippen LogP contribution in [-0.4, -0.2) is 24.6 Å². The van der Waals surface area contributed by atoms with Gasteiger partial charge in [-0.3, -0.25) is 0 Å². The number of allylic oxidation sites excluding steroid dienone is 1. The summed E-state index contributed by atoms with van der Waals surface area (Å²) >= 11 is 0. The molecule has 17 heavy (non-hydrogen) atoms. The van der Waals surface area contributed by atoms with Crippen molar-refractivity contribution >= 4 is 0 Å². The maximum atomic E-state index is 6.19. The zero-order valence-corrected chi connectivity index (χ0v) is 10.7. The largest absolute Gasteiger partial charge is 0.502 e. The third kappa shape index (κ3) is 3.18. The highest BCUT2D eigenvalue weighted by atomic mass is 16.5. The molecule has 0 aromatic carbocycles. The Hall–Kier alpha value is -1.12. The highest BCUT2D eigenvalue weighted by molar-refractivity contribution is 5.16. The van der Waals surface area contributed by atoms with Gasteiger partial charge in [-0.15, -0.1) is 0 Å². The molecule has 1 aliphatic carbocycles. The molecular weight excluding hydrogens is 212 g/mol. The van der Waals surface area contributed by atoms with Gasteiger partial charge in [0, 0.05) is 13.1 Å². The van der Waals surface area contributed by atoms with Crippen LogP contribution in [0.1, 0.15) is 38.5 Å². The average molecular weight is 236 g/mol. The molecule has 1 aliphatic heterocycles. The highest BCUT2D eigenvalue weighted by Crippen LogP contribution is 2.30. The number of hydrogen-bond donors (Lipinski definition) is 1. The average Bonchev–Trinajstić information content (AvgIpc) is 2.28. The van der Waals surface area contributed by atoms with Crippen LogP contribution in [0.15, 0.2) is 24.2 Å². The van der Waals surface area contributed by atoms with E-state index in [1.54, 1.807) is 0 Å². The Morgan fingerprint density at radius 2 is 2.12 bits per heavy atom. The summed E-state index contributed by atoms with van der Waals surface area (Å²) in [6.45, 7) is 6.61. The Bertz CT molecular complexity index is 285. The monoisotopic (exact) mass is 236 g/mol. The second-order valence-corrected chi connectivity index (χ2v) is 5.10. The molecule has 3 nitrogen and oxygen atoms in total. The molecule has 3 heteroatoms. The first-order valence-corrected chi connectivity index (χ1v) is 6.76. The van der Waals surface area contributed by atoms with E-state index in [9.17, 15) is 0 Å². The first kappa shape index (κ1) is 12.3. The van der Waals surface area contributed by atoms with Gasteiger partial charge in [0.25, 0.3) is 0 Å². The van der Waals surface area contributed by atoms with Crippen LogP contribution in [0.25, 0.3) is 0 Å².